The molecule has 1 N–H and O–H groups in total. The van der Waals surface area contributed by atoms with Crippen molar-refractivity contribution in [2.75, 3.05) is 6.61 Å². The molecular weight excluding hydrogens is 322 g/mol. The summed E-state index contributed by atoms with van der Waals surface area (Å²) in [5, 5.41) is 8.88. The molecule has 0 radical (unpaired) electrons. The zero-order valence-electron chi connectivity index (χ0n) is 14.2. The summed E-state index contributed by atoms with van der Waals surface area (Å²) < 4.78 is 7.16. The number of hydrogen-bond donors (Lipinski definition) is 1. The molecule has 0 spiro atoms. The second-order valence-corrected chi connectivity index (χ2v) is 6.38. The number of carbonyl (C=O) groups is 3. The second-order valence-electron chi connectivity index (χ2n) is 6.38. The number of aryl methyl sites for hydroxylation is 1. The number of esters is 1. The minimum atomic E-state index is -1.27. The fourth-order valence-corrected chi connectivity index (χ4v) is 3.68. The highest BCUT2D eigenvalue weighted by Crippen LogP contribution is 2.41. The molecule has 2 heterocycles. The van der Waals surface area contributed by atoms with Gasteiger partial charge >= 0.3 is 11.9 Å². The number of ketones is 1. The summed E-state index contributed by atoms with van der Waals surface area (Å²) in [5.74, 6) is -1.72. The normalized spacial score (nSPS) is 19.6. The number of carboxylic acids is 1. The van der Waals surface area contributed by atoms with Gasteiger partial charge in [0.25, 0.3) is 0 Å². The lowest BCUT2D eigenvalue weighted by Crippen LogP contribution is -2.44. The molecule has 6 nitrogen and oxygen atoms in total. The Hall–Kier alpha value is -2.63. The van der Waals surface area contributed by atoms with Gasteiger partial charge in [0.15, 0.2) is 5.78 Å². The Kier molecular flexibility index (Phi) is 4.61. The Morgan fingerprint density at radius 2 is 2.16 bits per heavy atom. The molecule has 132 valence electrons. The molecule has 2 aromatic heterocycles. The summed E-state index contributed by atoms with van der Waals surface area (Å²) in [6, 6.07) is 7.53. The van der Waals surface area contributed by atoms with E-state index >= 15 is 0 Å². The first kappa shape index (κ1) is 17.2. The largest absolute Gasteiger partial charge is 0.481 e. The zero-order chi connectivity index (χ0) is 18.0. The standard InChI is InChI=1S/C19H21NO5/c1-2-25-18(24)19(9-5-7-16(21)22)10-8-15-14(17(19)23)12-13-6-3-4-11-20(13)15/h3-4,6,11-12H,2,5,7-10H2,1H3,(H,21,22). The molecule has 1 aliphatic carbocycles. The van der Waals surface area contributed by atoms with Crippen molar-refractivity contribution in [1.82, 2.24) is 4.40 Å². The Labute approximate surface area is 145 Å². The summed E-state index contributed by atoms with van der Waals surface area (Å²) in [4.78, 5) is 36.7. The Morgan fingerprint density at radius 1 is 1.36 bits per heavy atom. The van der Waals surface area contributed by atoms with Crippen molar-refractivity contribution >= 4 is 23.2 Å². The van der Waals surface area contributed by atoms with Crippen molar-refractivity contribution in [3.05, 3.63) is 41.7 Å². The van der Waals surface area contributed by atoms with Gasteiger partial charge < -0.3 is 14.2 Å². The van der Waals surface area contributed by atoms with Crippen LogP contribution in [0.1, 0.15) is 48.7 Å². The maximum Gasteiger partial charge on any atom is 0.320 e. The van der Waals surface area contributed by atoms with Crippen LogP contribution in [-0.4, -0.2) is 33.8 Å². The van der Waals surface area contributed by atoms with E-state index in [-0.39, 0.29) is 31.7 Å². The summed E-state index contributed by atoms with van der Waals surface area (Å²) in [6.07, 6.45) is 3.22. The number of Topliss-reactive ketones (excluding diaryl/α,β-unsaturated/α-hetero) is 1. The maximum absolute atomic E-state index is 13.2. The molecule has 1 atom stereocenters. The van der Waals surface area contributed by atoms with Crippen molar-refractivity contribution < 1.29 is 24.2 Å². The molecule has 0 fully saturated rings. The lowest BCUT2D eigenvalue weighted by atomic mass is 9.69. The molecule has 6 heteroatoms. The second kappa shape index (κ2) is 6.70. The van der Waals surface area contributed by atoms with E-state index in [4.69, 9.17) is 9.84 Å². The lowest BCUT2D eigenvalue weighted by Gasteiger charge is -2.33. The lowest BCUT2D eigenvalue weighted by molar-refractivity contribution is -0.153. The first-order valence-corrected chi connectivity index (χ1v) is 8.52. The minimum absolute atomic E-state index is 0.0704. The average Bonchev–Trinajstić information content (AvgIpc) is 2.96. The van der Waals surface area contributed by atoms with Gasteiger partial charge in [-0.15, -0.1) is 0 Å². The molecule has 1 aliphatic rings. The van der Waals surface area contributed by atoms with Crippen LogP contribution in [0.2, 0.25) is 0 Å². The van der Waals surface area contributed by atoms with Crippen LogP contribution in [0.5, 0.6) is 0 Å². The number of hydrogen-bond acceptors (Lipinski definition) is 4. The molecule has 0 bridgehead atoms. The number of fused-ring (bicyclic) bond motifs is 3. The minimum Gasteiger partial charge on any atom is -0.481 e. The van der Waals surface area contributed by atoms with Crippen molar-refractivity contribution in [1.29, 1.82) is 0 Å². The summed E-state index contributed by atoms with van der Waals surface area (Å²) in [7, 11) is 0. The monoisotopic (exact) mass is 343 g/mol. The Balaban J connectivity index is 1.99. The van der Waals surface area contributed by atoms with E-state index < -0.39 is 17.4 Å². The van der Waals surface area contributed by atoms with Gasteiger partial charge in [0.2, 0.25) is 0 Å². The van der Waals surface area contributed by atoms with Crippen molar-refractivity contribution in [3.63, 3.8) is 0 Å². The topological polar surface area (TPSA) is 85.1 Å². The smallest absolute Gasteiger partial charge is 0.320 e. The predicted octanol–water partition coefficient (Wildman–Crippen LogP) is 2.87. The van der Waals surface area contributed by atoms with Crippen molar-refractivity contribution in [3.8, 4) is 0 Å². The Bertz CT molecular complexity index is 837. The van der Waals surface area contributed by atoms with E-state index in [1.54, 1.807) is 6.92 Å². The molecule has 0 aromatic carbocycles. The molecule has 0 amide bonds. The fraction of sp³-hybridized carbons (Fsp3) is 0.421. The van der Waals surface area contributed by atoms with E-state index in [1.165, 1.54) is 0 Å². The van der Waals surface area contributed by atoms with Crippen LogP contribution in [0.25, 0.3) is 5.52 Å². The number of rotatable bonds is 6. The average molecular weight is 343 g/mol. The summed E-state index contributed by atoms with van der Waals surface area (Å²) in [6.45, 7) is 1.89. The molecule has 2 aromatic rings. The van der Waals surface area contributed by atoms with Gasteiger partial charge in [-0.25, -0.2) is 0 Å². The predicted molar refractivity (Wildman–Crippen MR) is 90.6 cm³/mol. The van der Waals surface area contributed by atoms with Crippen LogP contribution in [-0.2, 0) is 20.7 Å². The highest BCUT2D eigenvalue weighted by molar-refractivity contribution is 6.14. The first-order valence-electron chi connectivity index (χ1n) is 8.52. The van der Waals surface area contributed by atoms with Gasteiger partial charge in [-0.2, -0.15) is 0 Å². The highest BCUT2D eigenvalue weighted by Gasteiger charge is 2.50. The molecule has 0 aliphatic heterocycles. The van der Waals surface area contributed by atoms with Crippen molar-refractivity contribution in [2.45, 2.75) is 39.0 Å². The van der Waals surface area contributed by atoms with Crippen molar-refractivity contribution in [2.24, 2.45) is 5.41 Å². The third kappa shape index (κ3) is 2.92. The molecule has 0 saturated heterocycles. The SMILES string of the molecule is CCOC(=O)C1(CCCC(=O)O)CCc2c(cc3ccccn23)C1=O. The quantitative estimate of drug-likeness (QED) is 0.644. The van der Waals surface area contributed by atoms with Gasteiger partial charge in [0, 0.05) is 29.4 Å². The van der Waals surface area contributed by atoms with E-state index in [0.717, 1.165) is 11.2 Å². The fourth-order valence-electron chi connectivity index (χ4n) is 3.68. The number of carbonyl (C=O) groups excluding carboxylic acids is 2. The third-order valence-electron chi connectivity index (χ3n) is 4.91. The zero-order valence-corrected chi connectivity index (χ0v) is 14.2. The van der Waals surface area contributed by atoms with Crippen LogP contribution < -0.4 is 0 Å². The first-order chi connectivity index (χ1) is 12.0. The molecule has 0 saturated carbocycles. The van der Waals surface area contributed by atoms with Gasteiger partial charge in [-0.1, -0.05) is 6.07 Å². The molecule has 1 unspecified atom stereocenters. The van der Waals surface area contributed by atoms with Crippen LogP contribution in [0.15, 0.2) is 30.5 Å². The highest BCUT2D eigenvalue weighted by atomic mass is 16.5. The molecule has 25 heavy (non-hydrogen) atoms. The van der Waals surface area contributed by atoms with Crippen LogP contribution in [0, 0.1) is 5.41 Å². The summed E-state index contributed by atoms with van der Waals surface area (Å²) in [5.41, 5.74) is 1.08. The van der Waals surface area contributed by atoms with Gasteiger partial charge in [-0.3, -0.25) is 14.4 Å². The number of ether oxygens (including phenoxy) is 1. The van der Waals surface area contributed by atoms with E-state index in [1.807, 2.05) is 34.9 Å². The molecule has 3 rings (SSSR count). The van der Waals surface area contributed by atoms with Gasteiger partial charge in [0.05, 0.1) is 6.61 Å². The van der Waals surface area contributed by atoms with Gasteiger partial charge in [-0.05, 0) is 50.8 Å². The van der Waals surface area contributed by atoms with Gasteiger partial charge in [0.1, 0.15) is 5.41 Å². The third-order valence-corrected chi connectivity index (χ3v) is 4.91. The molecular formula is C19H21NO5. The van der Waals surface area contributed by atoms with Crippen LogP contribution in [0.4, 0.5) is 0 Å². The number of aliphatic carboxylic acids is 1. The van der Waals surface area contributed by atoms with E-state index in [0.29, 0.717) is 18.4 Å². The Morgan fingerprint density at radius 3 is 2.88 bits per heavy atom. The number of carboxylic acid groups (broad SMARTS) is 1. The number of pyridine rings is 1. The maximum atomic E-state index is 13.2. The summed E-state index contributed by atoms with van der Waals surface area (Å²) >= 11 is 0. The number of aromatic nitrogens is 1. The van der Waals surface area contributed by atoms with E-state index in [9.17, 15) is 14.4 Å². The van der Waals surface area contributed by atoms with Crippen LogP contribution in [0.3, 0.4) is 0 Å². The number of nitrogens with zero attached hydrogens (tertiary/aromatic N) is 1. The van der Waals surface area contributed by atoms with E-state index in [2.05, 4.69) is 0 Å². The van der Waals surface area contributed by atoms with Crippen LogP contribution >= 0.6 is 0 Å².